The fraction of sp³-hybridized carbons (Fsp3) is 0.621. The maximum atomic E-state index is 13.4. The molecule has 4 aliphatic rings. The van der Waals surface area contributed by atoms with Gasteiger partial charge in [0, 0.05) is 45.2 Å². The molecule has 4 fully saturated rings. The van der Waals surface area contributed by atoms with Crippen molar-refractivity contribution in [3.05, 3.63) is 48.2 Å². The number of pyridine rings is 1. The van der Waals surface area contributed by atoms with E-state index in [0.717, 1.165) is 44.5 Å². The molecule has 2 N–H and O–H groups in total. The van der Waals surface area contributed by atoms with Crippen LogP contribution in [0.3, 0.4) is 0 Å². The van der Waals surface area contributed by atoms with Gasteiger partial charge in [0.25, 0.3) is 0 Å². The monoisotopic (exact) mass is 594 g/mol. The van der Waals surface area contributed by atoms with Crippen LogP contribution in [0.15, 0.2) is 47.5 Å². The molecule has 8 nitrogen and oxygen atoms in total. The Balaban J connectivity index is 1.03. The lowest BCUT2D eigenvalue weighted by atomic mass is 9.61. The predicted octanol–water partition coefficient (Wildman–Crippen LogP) is 4.31. The van der Waals surface area contributed by atoms with Gasteiger partial charge in [0.05, 0.1) is 28.6 Å². The zero-order valence-corrected chi connectivity index (χ0v) is 23.9. The number of nitrogens with one attached hydrogen (secondary N) is 1. The summed E-state index contributed by atoms with van der Waals surface area (Å²) in [4.78, 5) is 6.64. The van der Waals surface area contributed by atoms with Gasteiger partial charge in [-0.05, 0) is 86.3 Å². The number of halogens is 3. The van der Waals surface area contributed by atoms with Crippen LogP contribution in [-0.2, 0) is 20.2 Å². The molecule has 2 aromatic rings. The molecular formula is C29H37F3N4O4S. The summed E-state index contributed by atoms with van der Waals surface area (Å²) in [6, 6.07) is 9.42. The first kappa shape index (κ1) is 28.7. The smallest absolute Gasteiger partial charge is 0.390 e. The highest BCUT2D eigenvalue weighted by Gasteiger charge is 2.64. The Hall–Kier alpha value is -2.41. The van der Waals surface area contributed by atoms with Gasteiger partial charge in [0.15, 0.2) is 0 Å². The number of aliphatic hydroxyl groups excluding tert-OH is 1. The van der Waals surface area contributed by atoms with E-state index in [9.17, 15) is 26.7 Å². The summed E-state index contributed by atoms with van der Waals surface area (Å²) in [5.41, 5.74) is -0.248. The van der Waals surface area contributed by atoms with Crippen LogP contribution in [0, 0.1) is 5.41 Å². The minimum atomic E-state index is -4.31. The number of β-amino-alcohol motifs (C(OH)–C–C–N with tert-alkyl or cyclic N) is 1. The standard InChI is InChI=1S/C29H37F3N4O4S/c1-40-22-16-27(17-22)11-14-35(15-12-27)21-3-5-23(6-4-21)41(38,39)36-13-8-24(25(37)19-36)34-26-7-2-20(18-33-26)28(9-10-28)29(30,31)32/h2-7,18,22,24-25,37H,8-17,19H2,1H3,(H,33,34)/t24-,25+/m1/s1. The van der Waals surface area contributed by atoms with Gasteiger partial charge in [-0.1, -0.05) is 6.07 Å². The average Bonchev–Trinajstić information content (AvgIpc) is 3.76. The largest absolute Gasteiger partial charge is 0.398 e. The number of alkyl halides is 3. The molecule has 2 atom stereocenters. The summed E-state index contributed by atoms with van der Waals surface area (Å²) < 4.78 is 73.6. The number of benzene rings is 1. The van der Waals surface area contributed by atoms with Crippen LogP contribution in [0.25, 0.3) is 0 Å². The van der Waals surface area contributed by atoms with E-state index in [0.29, 0.717) is 23.8 Å². The third kappa shape index (κ3) is 5.32. The number of hydrogen-bond acceptors (Lipinski definition) is 7. The molecule has 0 unspecified atom stereocenters. The minimum absolute atomic E-state index is 0.0634. The lowest BCUT2D eigenvalue weighted by Crippen LogP contribution is -2.51. The summed E-state index contributed by atoms with van der Waals surface area (Å²) in [7, 11) is -2.03. The van der Waals surface area contributed by atoms with Crippen molar-refractivity contribution in [2.75, 3.05) is 43.5 Å². The van der Waals surface area contributed by atoms with Crippen LogP contribution < -0.4 is 10.2 Å². The number of rotatable bonds is 7. The summed E-state index contributed by atoms with van der Waals surface area (Å²) in [5.74, 6) is 0.349. The van der Waals surface area contributed by atoms with Crippen LogP contribution >= 0.6 is 0 Å². The van der Waals surface area contributed by atoms with Crippen LogP contribution in [0.2, 0.25) is 0 Å². The van der Waals surface area contributed by atoms with Crippen LogP contribution in [0.4, 0.5) is 24.7 Å². The zero-order valence-electron chi connectivity index (χ0n) is 23.1. The van der Waals surface area contributed by atoms with Crippen LogP contribution in [-0.4, -0.2) is 80.5 Å². The summed E-state index contributed by atoms with van der Waals surface area (Å²) >= 11 is 0. The minimum Gasteiger partial charge on any atom is -0.390 e. The molecule has 0 radical (unpaired) electrons. The van der Waals surface area contributed by atoms with Gasteiger partial charge in [-0.2, -0.15) is 17.5 Å². The van der Waals surface area contributed by atoms with Gasteiger partial charge in [0.2, 0.25) is 10.0 Å². The second-order valence-corrected chi connectivity index (χ2v) is 14.2. The Labute approximate surface area is 238 Å². The maximum Gasteiger partial charge on any atom is 0.398 e. The maximum absolute atomic E-state index is 13.4. The third-order valence-electron chi connectivity index (χ3n) is 9.81. The van der Waals surface area contributed by atoms with Gasteiger partial charge in [-0.15, -0.1) is 0 Å². The van der Waals surface area contributed by atoms with Gasteiger partial charge >= 0.3 is 6.18 Å². The van der Waals surface area contributed by atoms with E-state index >= 15 is 0 Å². The van der Waals surface area contributed by atoms with Gasteiger partial charge < -0.3 is 20.1 Å². The van der Waals surface area contributed by atoms with E-state index < -0.39 is 33.8 Å². The summed E-state index contributed by atoms with van der Waals surface area (Å²) in [6.45, 7) is 1.99. The summed E-state index contributed by atoms with van der Waals surface area (Å²) in [6.07, 6.45) is 1.24. The van der Waals surface area contributed by atoms with Crippen molar-refractivity contribution < 1.29 is 31.4 Å². The molecule has 1 aromatic carbocycles. The molecule has 1 aromatic heterocycles. The van der Waals surface area contributed by atoms with E-state index in [1.54, 1.807) is 19.2 Å². The predicted molar refractivity (Wildman–Crippen MR) is 148 cm³/mol. The van der Waals surface area contributed by atoms with Crippen molar-refractivity contribution in [2.45, 2.75) is 79.7 Å². The summed E-state index contributed by atoms with van der Waals surface area (Å²) in [5, 5.41) is 13.8. The van der Waals surface area contributed by atoms with E-state index in [-0.39, 0.29) is 36.4 Å². The number of hydrogen-bond donors (Lipinski definition) is 2. The highest BCUT2D eigenvalue weighted by Crippen LogP contribution is 2.58. The molecule has 2 saturated heterocycles. The van der Waals surface area contributed by atoms with Crippen molar-refractivity contribution in [2.24, 2.45) is 5.41 Å². The molecule has 2 aliphatic heterocycles. The highest BCUT2D eigenvalue weighted by atomic mass is 32.2. The molecule has 3 heterocycles. The zero-order chi connectivity index (χ0) is 29.0. The Morgan fingerprint density at radius 3 is 2.24 bits per heavy atom. The Kier molecular flexibility index (Phi) is 7.27. The molecule has 1 spiro atoms. The SMILES string of the molecule is COC1CC2(CCN(c3ccc(S(=O)(=O)N4CC[C@@H](Nc5ccc(C6(C(F)(F)F)CC6)cn5)[C@@H](O)C4)cc3)CC2)C1. The molecule has 0 bridgehead atoms. The molecule has 224 valence electrons. The molecule has 2 aliphatic carbocycles. The number of nitrogens with zero attached hydrogens (tertiary/aromatic N) is 3. The molecule has 6 rings (SSSR count). The molecule has 41 heavy (non-hydrogen) atoms. The van der Waals surface area contributed by atoms with Gasteiger partial charge in [0.1, 0.15) is 5.82 Å². The number of sulfonamides is 1. The van der Waals surface area contributed by atoms with Crippen LogP contribution in [0.5, 0.6) is 0 Å². The number of piperidine rings is 2. The van der Waals surface area contributed by atoms with Crippen molar-refractivity contribution in [1.29, 1.82) is 0 Å². The molecule has 0 amide bonds. The van der Waals surface area contributed by atoms with E-state index in [1.807, 2.05) is 12.1 Å². The fourth-order valence-corrected chi connectivity index (χ4v) is 8.27. The van der Waals surface area contributed by atoms with E-state index in [4.69, 9.17) is 4.74 Å². The first-order valence-electron chi connectivity index (χ1n) is 14.3. The Morgan fingerprint density at radius 2 is 1.71 bits per heavy atom. The first-order chi connectivity index (χ1) is 19.4. The fourth-order valence-electron chi connectivity index (χ4n) is 6.80. The number of aromatic nitrogens is 1. The lowest BCUT2D eigenvalue weighted by molar-refractivity contribution is -0.160. The second kappa shape index (κ2) is 10.4. The third-order valence-corrected chi connectivity index (χ3v) is 11.7. The molecule has 12 heteroatoms. The number of methoxy groups -OCH3 is 1. The second-order valence-electron chi connectivity index (χ2n) is 12.2. The van der Waals surface area contributed by atoms with Crippen molar-refractivity contribution in [3.63, 3.8) is 0 Å². The number of anilines is 2. The van der Waals surface area contributed by atoms with Gasteiger partial charge in [-0.3, -0.25) is 0 Å². The highest BCUT2D eigenvalue weighted by molar-refractivity contribution is 7.89. The first-order valence-corrected chi connectivity index (χ1v) is 15.7. The Bertz CT molecular complexity index is 1330. The normalized spacial score (nSPS) is 26.5. The van der Waals surface area contributed by atoms with E-state index in [1.165, 1.54) is 22.6 Å². The molecule has 2 saturated carbocycles. The topological polar surface area (TPSA) is 95.0 Å². The molecular weight excluding hydrogens is 557 g/mol. The quantitative estimate of drug-likeness (QED) is 0.494. The Morgan fingerprint density at radius 1 is 1.02 bits per heavy atom. The van der Waals surface area contributed by atoms with Gasteiger partial charge in [-0.25, -0.2) is 13.4 Å². The lowest BCUT2D eigenvalue weighted by Gasteiger charge is -2.52. The van der Waals surface area contributed by atoms with Crippen molar-refractivity contribution in [1.82, 2.24) is 9.29 Å². The average molecular weight is 595 g/mol. The van der Waals surface area contributed by atoms with Crippen molar-refractivity contribution in [3.8, 4) is 0 Å². The van der Waals surface area contributed by atoms with Crippen molar-refractivity contribution >= 4 is 21.5 Å². The number of ether oxygens (including phenoxy) is 1. The number of aliphatic hydroxyl groups is 1. The van der Waals surface area contributed by atoms with Crippen LogP contribution in [0.1, 0.15) is 50.5 Å². The van der Waals surface area contributed by atoms with E-state index in [2.05, 4.69) is 15.2 Å².